The van der Waals surface area contributed by atoms with Crippen LogP contribution in [0.15, 0.2) is 34.9 Å². The fourth-order valence-corrected chi connectivity index (χ4v) is 2.79. The normalized spacial score (nSPS) is 12.6. The molecule has 0 aliphatic heterocycles. The van der Waals surface area contributed by atoms with Gasteiger partial charge in [0.15, 0.2) is 0 Å². The molecule has 5 heteroatoms. The first-order valence-electron chi connectivity index (χ1n) is 6.97. The van der Waals surface area contributed by atoms with Gasteiger partial charge in [0.05, 0.1) is 5.69 Å². The van der Waals surface area contributed by atoms with Crippen molar-refractivity contribution in [3.8, 4) is 0 Å². The SMILES string of the molecule is CCNCC(Cc1cccc(Br)c1)Cc1cn(C)nn1. The molecule has 0 saturated heterocycles. The molecule has 1 unspecified atom stereocenters. The first kappa shape index (κ1) is 15.2. The number of hydrogen-bond acceptors (Lipinski definition) is 3. The maximum atomic E-state index is 4.20. The first-order chi connectivity index (χ1) is 9.67. The monoisotopic (exact) mass is 336 g/mol. The van der Waals surface area contributed by atoms with Crippen molar-refractivity contribution in [1.29, 1.82) is 0 Å². The average Bonchev–Trinajstić information content (AvgIpc) is 2.81. The Morgan fingerprint density at radius 1 is 1.35 bits per heavy atom. The molecule has 0 spiro atoms. The predicted molar refractivity (Wildman–Crippen MR) is 84.6 cm³/mol. The van der Waals surface area contributed by atoms with E-state index in [1.54, 1.807) is 4.68 Å². The number of aryl methyl sites for hydroxylation is 1. The van der Waals surface area contributed by atoms with E-state index in [-0.39, 0.29) is 0 Å². The van der Waals surface area contributed by atoms with Gasteiger partial charge in [-0.15, -0.1) is 5.10 Å². The van der Waals surface area contributed by atoms with Crippen LogP contribution in [0.2, 0.25) is 0 Å². The van der Waals surface area contributed by atoms with Crippen LogP contribution in [0.25, 0.3) is 0 Å². The van der Waals surface area contributed by atoms with Crippen LogP contribution in [0, 0.1) is 5.92 Å². The Labute approximate surface area is 128 Å². The van der Waals surface area contributed by atoms with Crippen molar-refractivity contribution in [3.05, 3.63) is 46.2 Å². The molecule has 2 aromatic rings. The van der Waals surface area contributed by atoms with Gasteiger partial charge in [0, 0.05) is 17.7 Å². The molecule has 1 aromatic carbocycles. The number of halogens is 1. The molecule has 0 amide bonds. The topological polar surface area (TPSA) is 42.7 Å². The van der Waals surface area contributed by atoms with Gasteiger partial charge in [-0.2, -0.15) is 0 Å². The smallest absolute Gasteiger partial charge is 0.0830 e. The third-order valence-corrected chi connectivity index (χ3v) is 3.74. The lowest BCUT2D eigenvalue weighted by molar-refractivity contribution is 0.473. The summed E-state index contributed by atoms with van der Waals surface area (Å²) in [5, 5.41) is 11.7. The number of rotatable bonds is 7. The summed E-state index contributed by atoms with van der Waals surface area (Å²) in [5.74, 6) is 0.529. The van der Waals surface area contributed by atoms with Gasteiger partial charge in [-0.1, -0.05) is 40.2 Å². The van der Waals surface area contributed by atoms with E-state index in [1.165, 1.54) is 5.56 Å². The molecule has 2 rings (SSSR count). The second-order valence-corrected chi connectivity index (χ2v) is 6.01. The van der Waals surface area contributed by atoms with Gasteiger partial charge in [-0.3, -0.25) is 4.68 Å². The molecule has 108 valence electrons. The molecular weight excluding hydrogens is 316 g/mol. The molecule has 1 aromatic heterocycles. The molecule has 0 aliphatic rings. The fraction of sp³-hybridized carbons (Fsp3) is 0.467. The summed E-state index contributed by atoms with van der Waals surface area (Å²) >= 11 is 3.53. The number of aromatic nitrogens is 3. The number of hydrogen-bond donors (Lipinski definition) is 1. The van der Waals surface area contributed by atoms with Crippen molar-refractivity contribution in [2.24, 2.45) is 13.0 Å². The van der Waals surface area contributed by atoms with Gasteiger partial charge in [0.2, 0.25) is 0 Å². The highest BCUT2D eigenvalue weighted by Crippen LogP contribution is 2.17. The highest BCUT2D eigenvalue weighted by Gasteiger charge is 2.13. The summed E-state index contributed by atoms with van der Waals surface area (Å²) < 4.78 is 2.90. The summed E-state index contributed by atoms with van der Waals surface area (Å²) in [6.45, 7) is 4.13. The van der Waals surface area contributed by atoms with Gasteiger partial charge in [-0.25, -0.2) is 0 Å². The van der Waals surface area contributed by atoms with E-state index >= 15 is 0 Å². The molecule has 0 saturated carbocycles. The van der Waals surface area contributed by atoms with Crippen LogP contribution in [0.5, 0.6) is 0 Å². The Morgan fingerprint density at radius 3 is 2.85 bits per heavy atom. The number of nitrogens with zero attached hydrogens (tertiary/aromatic N) is 3. The summed E-state index contributed by atoms with van der Waals surface area (Å²) in [4.78, 5) is 0. The van der Waals surface area contributed by atoms with Crippen molar-refractivity contribution in [1.82, 2.24) is 20.3 Å². The van der Waals surface area contributed by atoms with E-state index in [4.69, 9.17) is 0 Å². The van der Waals surface area contributed by atoms with E-state index in [9.17, 15) is 0 Å². The minimum absolute atomic E-state index is 0.529. The van der Waals surface area contributed by atoms with Crippen LogP contribution in [-0.2, 0) is 19.9 Å². The molecule has 20 heavy (non-hydrogen) atoms. The van der Waals surface area contributed by atoms with Crippen molar-refractivity contribution in [2.45, 2.75) is 19.8 Å². The Hall–Kier alpha value is -1.20. The molecule has 0 fully saturated rings. The molecule has 1 atom stereocenters. The van der Waals surface area contributed by atoms with Gasteiger partial charge in [0.25, 0.3) is 0 Å². The van der Waals surface area contributed by atoms with Crippen LogP contribution >= 0.6 is 15.9 Å². The zero-order valence-corrected chi connectivity index (χ0v) is 13.6. The molecule has 1 heterocycles. The minimum Gasteiger partial charge on any atom is -0.317 e. The second-order valence-electron chi connectivity index (χ2n) is 5.10. The van der Waals surface area contributed by atoms with Gasteiger partial charge < -0.3 is 5.32 Å². The van der Waals surface area contributed by atoms with E-state index in [0.717, 1.165) is 36.1 Å². The maximum absolute atomic E-state index is 4.20. The van der Waals surface area contributed by atoms with Crippen molar-refractivity contribution in [3.63, 3.8) is 0 Å². The summed E-state index contributed by atoms with van der Waals surface area (Å²) in [6, 6.07) is 8.52. The van der Waals surface area contributed by atoms with Crippen LogP contribution < -0.4 is 5.32 Å². The van der Waals surface area contributed by atoms with Gasteiger partial charge in [0.1, 0.15) is 0 Å². The van der Waals surface area contributed by atoms with Gasteiger partial charge >= 0.3 is 0 Å². The lowest BCUT2D eigenvalue weighted by Gasteiger charge is -2.16. The minimum atomic E-state index is 0.529. The number of nitrogens with one attached hydrogen (secondary N) is 1. The second kappa shape index (κ2) is 7.55. The summed E-state index contributed by atoms with van der Waals surface area (Å²) in [5.41, 5.74) is 2.41. The van der Waals surface area contributed by atoms with Crippen molar-refractivity contribution < 1.29 is 0 Å². The van der Waals surface area contributed by atoms with Crippen molar-refractivity contribution >= 4 is 15.9 Å². The molecule has 0 radical (unpaired) electrons. The lowest BCUT2D eigenvalue weighted by Crippen LogP contribution is -2.25. The standard InChI is InChI=1S/C15H21BrN4/c1-3-17-10-13(9-15-11-20(2)19-18-15)7-12-5-4-6-14(16)8-12/h4-6,8,11,13,17H,3,7,9-10H2,1-2H3. The summed E-state index contributed by atoms with van der Waals surface area (Å²) in [7, 11) is 1.91. The van der Waals surface area contributed by atoms with E-state index in [0.29, 0.717) is 5.92 Å². The van der Waals surface area contributed by atoms with Crippen molar-refractivity contribution in [2.75, 3.05) is 13.1 Å². The molecule has 4 nitrogen and oxygen atoms in total. The van der Waals surface area contributed by atoms with Crippen LogP contribution in [0.1, 0.15) is 18.2 Å². The Balaban J connectivity index is 2.02. The predicted octanol–water partition coefficient (Wildman–Crippen LogP) is 2.59. The van der Waals surface area contributed by atoms with Gasteiger partial charge in [-0.05, 0) is 49.5 Å². The molecule has 0 aliphatic carbocycles. The quantitative estimate of drug-likeness (QED) is 0.845. The molecular formula is C15H21BrN4. The zero-order chi connectivity index (χ0) is 14.4. The Morgan fingerprint density at radius 2 is 2.20 bits per heavy atom. The highest BCUT2D eigenvalue weighted by atomic mass is 79.9. The fourth-order valence-electron chi connectivity index (χ4n) is 2.35. The third-order valence-electron chi connectivity index (χ3n) is 3.24. The van der Waals surface area contributed by atoms with E-state index in [1.807, 2.05) is 13.2 Å². The molecule has 1 N–H and O–H groups in total. The lowest BCUT2D eigenvalue weighted by atomic mass is 9.95. The van der Waals surface area contributed by atoms with Crippen LogP contribution in [0.3, 0.4) is 0 Å². The maximum Gasteiger partial charge on any atom is 0.0830 e. The highest BCUT2D eigenvalue weighted by molar-refractivity contribution is 9.10. The Kier molecular flexibility index (Phi) is 5.73. The third kappa shape index (κ3) is 4.72. The average molecular weight is 337 g/mol. The zero-order valence-electron chi connectivity index (χ0n) is 12.0. The summed E-state index contributed by atoms with van der Waals surface area (Å²) in [6.07, 6.45) is 4.00. The Bertz CT molecular complexity index is 538. The first-order valence-corrected chi connectivity index (χ1v) is 7.77. The van der Waals surface area contributed by atoms with Crippen LogP contribution in [0.4, 0.5) is 0 Å². The number of benzene rings is 1. The largest absolute Gasteiger partial charge is 0.317 e. The van der Waals surface area contributed by atoms with E-state index < -0.39 is 0 Å². The van der Waals surface area contributed by atoms with Crippen LogP contribution in [-0.4, -0.2) is 28.1 Å². The van der Waals surface area contributed by atoms with E-state index in [2.05, 4.69) is 62.7 Å². The molecule has 0 bridgehead atoms.